The topological polar surface area (TPSA) is 66.8 Å². The Morgan fingerprint density at radius 2 is 2.25 bits per heavy atom. The van der Waals surface area contributed by atoms with Crippen molar-refractivity contribution in [3.8, 4) is 5.75 Å². The van der Waals surface area contributed by atoms with Crippen LogP contribution in [0.5, 0.6) is 5.75 Å². The first-order valence-electron chi connectivity index (χ1n) is 4.92. The summed E-state index contributed by atoms with van der Waals surface area (Å²) in [5, 5.41) is 17.6. The Morgan fingerprint density at radius 3 is 2.94 bits per heavy atom. The van der Waals surface area contributed by atoms with Gasteiger partial charge in [-0.05, 0) is 18.2 Å². The Morgan fingerprint density at radius 1 is 1.50 bits per heavy atom. The van der Waals surface area contributed by atoms with Gasteiger partial charge in [0.1, 0.15) is 17.7 Å². The average Bonchev–Trinajstić information content (AvgIpc) is 2.18. The van der Waals surface area contributed by atoms with E-state index in [9.17, 15) is 9.18 Å². The average molecular weight is 226 g/mol. The zero-order valence-electron chi connectivity index (χ0n) is 8.39. The molecule has 2 N–H and O–H groups in total. The SMILES string of the molecule is O=C1C[C@H](CC(O)O)Oc2ccc(F)cc21. The van der Waals surface area contributed by atoms with Gasteiger partial charge in [-0.3, -0.25) is 4.79 Å². The third kappa shape index (κ3) is 2.20. The van der Waals surface area contributed by atoms with E-state index < -0.39 is 18.2 Å². The van der Waals surface area contributed by atoms with E-state index in [4.69, 9.17) is 14.9 Å². The van der Waals surface area contributed by atoms with Gasteiger partial charge in [0.15, 0.2) is 12.1 Å². The Hall–Kier alpha value is -1.46. The van der Waals surface area contributed by atoms with Crippen molar-refractivity contribution in [3.63, 3.8) is 0 Å². The first-order valence-corrected chi connectivity index (χ1v) is 4.92. The maximum Gasteiger partial charge on any atom is 0.170 e. The van der Waals surface area contributed by atoms with Crippen molar-refractivity contribution >= 4 is 5.78 Å². The lowest BCUT2D eigenvalue weighted by Crippen LogP contribution is -2.30. The van der Waals surface area contributed by atoms with Gasteiger partial charge in [-0.15, -0.1) is 0 Å². The molecular weight excluding hydrogens is 215 g/mol. The predicted octanol–water partition coefficient (Wildman–Crippen LogP) is 0.860. The Balaban J connectivity index is 2.23. The molecule has 0 fully saturated rings. The number of aliphatic hydroxyl groups excluding tert-OH is 1. The number of halogens is 1. The van der Waals surface area contributed by atoms with E-state index in [2.05, 4.69) is 0 Å². The van der Waals surface area contributed by atoms with Crippen molar-refractivity contribution in [1.82, 2.24) is 0 Å². The summed E-state index contributed by atoms with van der Waals surface area (Å²) in [5.41, 5.74) is 0.212. The molecule has 1 aliphatic rings. The third-order valence-corrected chi connectivity index (χ3v) is 2.42. The molecule has 1 aliphatic heterocycles. The normalized spacial score (nSPS) is 19.5. The molecular formula is C11H11FO4. The molecule has 16 heavy (non-hydrogen) atoms. The lowest BCUT2D eigenvalue weighted by atomic mass is 9.99. The van der Waals surface area contributed by atoms with E-state index in [1.807, 2.05) is 0 Å². The minimum Gasteiger partial charge on any atom is -0.489 e. The zero-order valence-corrected chi connectivity index (χ0v) is 8.39. The van der Waals surface area contributed by atoms with Crippen molar-refractivity contribution in [3.05, 3.63) is 29.6 Å². The van der Waals surface area contributed by atoms with Crippen molar-refractivity contribution in [2.24, 2.45) is 0 Å². The summed E-state index contributed by atoms with van der Waals surface area (Å²) >= 11 is 0. The van der Waals surface area contributed by atoms with Gasteiger partial charge in [-0.1, -0.05) is 0 Å². The molecule has 1 aromatic carbocycles. The van der Waals surface area contributed by atoms with Crippen LogP contribution in [0.15, 0.2) is 18.2 Å². The maximum atomic E-state index is 12.9. The largest absolute Gasteiger partial charge is 0.489 e. The van der Waals surface area contributed by atoms with Gasteiger partial charge in [0, 0.05) is 12.8 Å². The molecule has 5 heteroatoms. The first kappa shape index (κ1) is 11.0. The number of fused-ring (bicyclic) bond motifs is 1. The molecule has 0 saturated heterocycles. The number of ether oxygens (including phenoxy) is 1. The number of ketones is 1. The van der Waals surface area contributed by atoms with Crippen LogP contribution in [-0.4, -0.2) is 28.4 Å². The van der Waals surface area contributed by atoms with Crippen LogP contribution in [0.3, 0.4) is 0 Å². The molecule has 0 radical (unpaired) electrons. The molecule has 1 atom stereocenters. The summed E-state index contributed by atoms with van der Waals surface area (Å²) in [6.07, 6.45) is -2.08. The van der Waals surface area contributed by atoms with E-state index in [1.54, 1.807) is 0 Å². The molecule has 4 nitrogen and oxygen atoms in total. The fourth-order valence-corrected chi connectivity index (χ4v) is 1.73. The number of Topliss-reactive ketones (excluding diaryl/α,β-unsaturated/α-hetero) is 1. The monoisotopic (exact) mass is 226 g/mol. The molecule has 86 valence electrons. The predicted molar refractivity (Wildman–Crippen MR) is 52.6 cm³/mol. The summed E-state index contributed by atoms with van der Waals surface area (Å²) in [4.78, 5) is 11.6. The summed E-state index contributed by atoms with van der Waals surface area (Å²) in [5.74, 6) is -0.439. The second kappa shape index (κ2) is 4.19. The van der Waals surface area contributed by atoms with Crippen molar-refractivity contribution < 1.29 is 24.1 Å². The molecule has 0 spiro atoms. The Labute approximate surface area is 91.3 Å². The summed E-state index contributed by atoms with van der Waals surface area (Å²) in [7, 11) is 0. The smallest absolute Gasteiger partial charge is 0.170 e. The van der Waals surface area contributed by atoms with Gasteiger partial charge >= 0.3 is 0 Å². The molecule has 0 unspecified atom stereocenters. The third-order valence-electron chi connectivity index (χ3n) is 2.42. The number of benzene rings is 1. The molecule has 0 aliphatic carbocycles. The minimum atomic E-state index is -1.51. The lowest BCUT2D eigenvalue weighted by molar-refractivity contribution is -0.0664. The van der Waals surface area contributed by atoms with Crippen LogP contribution >= 0.6 is 0 Å². The number of hydrogen-bond acceptors (Lipinski definition) is 4. The maximum absolute atomic E-state index is 12.9. The van der Waals surface area contributed by atoms with E-state index >= 15 is 0 Å². The van der Waals surface area contributed by atoms with Gasteiger partial charge < -0.3 is 14.9 Å². The van der Waals surface area contributed by atoms with Crippen molar-refractivity contribution in [2.45, 2.75) is 25.2 Å². The lowest BCUT2D eigenvalue weighted by Gasteiger charge is -2.25. The number of hydrogen-bond donors (Lipinski definition) is 2. The highest BCUT2D eigenvalue weighted by Crippen LogP contribution is 2.29. The van der Waals surface area contributed by atoms with Gasteiger partial charge in [-0.2, -0.15) is 0 Å². The van der Waals surface area contributed by atoms with Crippen LogP contribution in [0.2, 0.25) is 0 Å². The van der Waals surface area contributed by atoms with Crippen LogP contribution < -0.4 is 4.74 Å². The summed E-state index contributed by atoms with van der Waals surface area (Å²) in [6.45, 7) is 0. The number of rotatable bonds is 2. The van der Waals surface area contributed by atoms with Crippen LogP contribution in [0.25, 0.3) is 0 Å². The molecule has 0 aromatic heterocycles. The minimum absolute atomic E-state index is 0.0358. The van der Waals surface area contributed by atoms with Gasteiger partial charge in [0.05, 0.1) is 5.56 Å². The van der Waals surface area contributed by atoms with E-state index in [0.717, 1.165) is 6.07 Å². The first-order chi connectivity index (χ1) is 7.56. The summed E-state index contributed by atoms with van der Waals surface area (Å²) in [6, 6.07) is 3.70. The number of carbonyl (C=O) groups excluding carboxylic acids is 1. The van der Waals surface area contributed by atoms with Gasteiger partial charge in [0.2, 0.25) is 0 Å². The van der Waals surface area contributed by atoms with Crippen molar-refractivity contribution in [2.75, 3.05) is 0 Å². The fraction of sp³-hybridized carbons (Fsp3) is 0.364. The van der Waals surface area contributed by atoms with E-state index in [0.29, 0.717) is 5.75 Å². The Bertz CT molecular complexity index is 416. The fourth-order valence-electron chi connectivity index (χ4n) is 1.73. The highest BCUT2D eigenvalue weighted by Gasteiger charge is 2.27. The molecule has 0 bridgehead atoms. The van der Waals surface area contributed by atoms with Crippen molar-refractivity contribution in [1.29, 1.82) is 0 Å². The van der Waals surface area contributed by atoms with Crippen LogP contribution in [0.1, 0.15) is 23.2 Å². The quantitative estimate of drug-likeness (QED) is 0.734. The molecule has 0 amide bonds. The van der Waals surface area contributed by atoms with Crippen LogP contribution in [0.4, 0.5) is 4.39 Å². The second-order valence-corrected chi connectivity index (χ2v) is 3.72. The zero-order chi connectivity index (χ0) is 11.7. The molecule has 1 aromatic rings. The van der Waals surface area contributed by atoms with Gasteiger partial charge in [0.25, 0.3) is 0 Å². The number of carbonyl (C=O) groups is 1. The van der Waals surface area contributed by atoms with Crippen LogP contribution in [0, 0.1) is 5.82 Å². The highest BCUT2D eigenvalue weighted by atomic mass is 19.1. The van der Waals surface area contributed by atoms with Gasteiger partial charge in [-0.25, -0.2) is 4.39 Å². The molecule has 1 heterocycles. The highest BCUT2D eigenvalue weighted by molar-refractivity contribution is 5.99. The van der Waals surface area contributed by atoms with E-state index in [1.165, 1.54) is 12.1 Å². The molecule has 0 saturated carbocycles. The second-order valence-electron chi connectivity index (χ2n) is 3.72. The number of aliphatic hydroxyl groups is 2. The molecule has 2 rings (SSSR count). The standard InChI is InChI=1S/C11H11FO4/c12-6-1-2-10-8(3-6)9(13)4-7(16-10)5-11(14)15/h1-3,7,11,14-15H,4-5H2/t7-/m1/s1. The van der Waals surface area contributed by atoms with Crippen LogP contribution in [-0.2, 0) is 0 Å². The van der Waals surface area contributed by atoms with E-state index in [-0.39, 0.29) is 24.2 Å². The summed E-state index contributed by atoms with van der Waals surface area (Å²) < 4.78 is 18.2. The Kier molecular flexibility index (Phi) is 2.89.